The first-order valence-electron chi connectivity index (χ1n) is 6.05. The Bertz CT molecular complexity index is 714. The van der Waals surface area contributed by atoms with E-state index in [0.29, 0.717) is 23.5 Å². The lowest BCUT2D eigenvalue weighted by molar-refractivity contribution is 0.0685. The second kappa shape index (κ2) is 5.05. The van der Waals surface area contributed by atoms with Gasteiger partial charge in [0.2, 0.25) is 5.76 Å². The fourth-order valence-corrected chi connectivity index (χ4v) is 2.04. The molecular weight excluding hydrogens is 258 g/mol. The molecule has 0 atom stereocenters. The van der Waals surface area contributed by atoms with Crippen LogP contribution in [0.15, 0.2) is 57.7 Å². The fourth-order valence-electron chi connectivity index (χ4n) is 2.04. The van der Waals surface area contributed by atoms with Gasteiger partial charge in [0.25, 0.3) is 0 Å². The Morgan fingerprint density at radius 1 is 1.15 bits per heavy atom. The lowest BCUT2D eigenvalue weighted by atomic mass is 10.0. The number of hydrogen-bond acceptors (Lipinski definition) is 4. The summed E-state index contributed by atoms with van der Waals surface area (Å²) in [4.78, 5) is 11.2. The molecule has 3 aromatic rings. The standard InChI is InChI=1S/C15H11NO4/c17-15(18)13-11(9-10-5-2-1-3-6-10)14(20-16-13)12-7-4-8-19-12/h1-8H,9H2,(H,17,18). The van der Waals surface area contributed by atoms with Crippen molar-refractivity contribution in [1.82, 2.24) is 5.16 Å². The zero-order valence-electron chi connectivity index (χ0n) is 10.4. The molecule has 2 aromatic heterocycles. The zero-order chi connectivity index (χ0) is 13.9. The van der Waals surface area contributed by atoms with Gasteiger partial charge in [-0.1, -0.05) is 35.5 Å². The number of carboxylic acids is 1. The van der Waals surface area contributed by atoms with Gasteiger partial charge in [-0.2, -0.15) is 0 Å². The number of carboxylic acid groups (broad SMARTS) is 1. The van der Waals surface area contributed by atoms with Crippen molar-refractivity contribution in [1.29, 1.82) is 0 Å². The van der Waals surface area contributed by atoms with E-state index in [1.807, 2.05) is 30.3 Å². The number of nitrogens with zero attached hydrogens (tertiary/aromatic N) is 1. The van der Waals surface area contributed by atoms with Gasteiger partial charge in [0, 0.05) is 12.0 Å². The van der Waals surface area contributed by atoms with E-state index in [-0.39, 0.29) is 5.69 Å². The third kappa shape index (κ3) is 2.21. The van der Waals surface area contributed by atoms with E-state index < -0.39 is 5.97 Å². The van der Waals surface area contributed by atoms with Crippen LogP contribution in [-0.2, 0) is 6.42 Å². The maximum atomic E-state index is 11.2. The first-order valence-corrected chi connectivity index (χ1v) is 6.05. The van der Waals surface area contributed by atoms with Crippen molar-refractivity contribution in [3.8, 4) is 11.5 Å². The number of hydrogen-bond donors (Lipinski definition) is 1. The highest BCUT2D eigenvalue weighted by Gasteiger charge is 2.23. The van der Waals surface area contributed by atoms with E-state index in [0.717, 1.165) is 5.56 Å². The molecule has 0 spiro atoms. The van der Waals surface area contributed by atoms with Crippen LogP contribution >= 0.6 is 0 Å². The summed E-state index contributed by atoms with van der Waals surface area (Å²) in [6, 6.07) is 13.0. The van der Waals surface area contributed by atoms with Gasteiger partial charge < -0.3 is 14.0 Å². The van der Waals surface area contributed by atoms with Gasteiger partial charge >= 0.3 is 5.97 Å². The first-order chi connectivity index (χ1) is 9.75. The molecule has 0 aliphatic rings. The largest absolute Gasteiger partial charge is 0.476 e. The summed E-state index contributed by atoms with van der Waals surface area (Å²) in [5.74, 6) is -0.287. The molecule has 0 aliphatic heterocycles. The molecule has 100 valence electrons. The predicted octanol–water partition coefficient (Wildman–Crippen LogP) is 3.22. The van der Waals surface area contributed by atoms with Gasteiger partial charge in [0.15, 0.2) is 11.5 Å². The van der Waals surface area contributed by atoms with Crippen molar-refractivity contribution in [3.63, 3.8) is 0 Å². The van der Waals surface area contributed by atoms with Crippen LogP contribution in [0.3, 0.4) is 0 Å². The molecule has 1 N–H and O–H groups in total. The number of aromatic carboxylic acids is 1. The molecule has 0 radical (unpaired) electrons. The Balaban J connectivity index is 2.07. The highest BCUT2D eigenvalue weighted by molar-refractivity contribution is 5.89. The van der Waals surface area contributed by atoms with Crippen LogP contribution in [-0.4, -0.2) is 16.2 Å². The van der Waals surface area contributed by atoms with Gasteiger partial charge in [-0.3, -0.25) is 0 Å². The molecule has 3 rings (SSSR count). The Morgan fingerprint density at radius 2 is 1.95 bits per heavy atom. The Labute approximate surface area is 114 Å². The Morgan fingerprint density at radius 3 is 2.60 bits per heavy atom. The molecule has 0 unspecified atom stereocenters. The molecule has 1 aromatic carbocycles. The van der Waals surface area contributed by atoms with Crippen LogP contribution in [0.5, 0.6) is 0 Å². The second-order valence-corrected chi connectivity index (χ2v) is 4.28. The smallest absolute Gasteiger partial charge is 0.358 e. The van der Waals surface area contributed by atoms with Crippen molar-refractivity contribution >= 4 is 5.97 Å². The van der Waals surface area contributed by atoms with Gasteiger partial charge in [0.05, 0.1) is 6.26 Å². The molecule has 0 bridgehead atoms. The van der Waals surface area contributed by atoms with E-state index in [1.54, 1.807) is 12.1 Å². The Kier molecular flexibility index (Phi) is 3.09. The van der Waals surface area contributed by atoms with E-state index in [2.05, 4.69) is 5.16 Å². The van der Waals surface area contributed by atoms with Crippen molar-refractivity contribution in [2.45, 2.75) is 6.42 Å². The van der Waals surface area contributed by atoms with Crippen molar-refractivity contribution in [2.75, 3.05) is 0 Å². The minimum Gasteiger partial charge on any atom is -0.476 e. The third-order valence-electron chi connectivity index (χ3n) is 2.96. The van der Waals surface area contributed by atoms with E-state index in [1.165, 1.54) is 6.26 Å². The number of benzene rings is 1. The molecule has 0 saturated carbocycles. The lowest BCUT2D eigenvalue weighted by Crippen LogP contribution is -2.02. The molecule has 0 fully saturated rings. The molecule has 0 aliphatic carbocycles. The maximum absolute atomic E-state index is 11.2. The van der Waals surface area contributed by atoms with Crippen LogP contribution < -0.4 is 0 Å². The first kappa shape index (κ1) is 12.2. The van der Waals surface area contributed by atoms with Crippen LogP contribution in [0.2, 0.25) is 0 Å². The summed E-state index contributed by atoms with van der Waals surface area (Å²) < 4.78 is 10.4. The number of furan rings is 1. The molecule has 0 amide bonds. The molecule has 2 heterocycles. The van der Waals surface area contributed by atoms with Crippen molar-refractivity contribution < 1.29 is 18.8 Å². The normalized spacial score (nSPS) is 10.6. The van der Waals surface area contributed by atoms with Crippen molar-refractivity contribution in [3.05, 3.63) is 65.5 Å². The summed E-state index contributed by atoms with van der Waals surface area (Å²) >= 11 is 0. The average Bonchev–Trinajstić information content (AvgIpc) is 3.08. The van der Waals surface area contributed by atoms with E-state index in [9.17, 15) is 9.90 Å². The van der Waals surface area contributed by atoms with Gasteiger partial charge in [-0.15, -0.1) is 0 Å². The van der Waals surface area contributed by atoms with Crippen molar-refractivity contribution in [2.24, 2.45) is 0 Å². The topological polar surface area (TPSA) is 76.5 Å². The summed E-state index contributed by atoms with van der Waals surface area (Å²) in [6.45, 7) is 0. The van der Waals surface area contributed by atoms with Gasteiger partial charge in [-0.25, -0.2) is 4.79 Å². The maximum Gasteiger partial charge on any atom is 0.358 e. The number of aromatic nitrogens is 1. The van der Waals surface area contributed by atoms with Crippen LogP contribution in [0.4, 0.5) is 0 Å². The molecular formula is C15H11NO4. The zero-order valence-corrected chi connectivity index (χ0v) is 10.4. The minimum atomic E-state index is -1.11. The minimum absolute atomic E-state index is 0.0831. The molecule has 0 saturated heterocycles. The Hall–Kier alpha value is -2.82. The van der Waals surface area contributed by atoms with Crippen LogP contribution in [0, 0.1) is 0 Å². The highest BCUT2D eigenvalue weighted by atomic mass is 16.5. The highest BCUT2D eigenvalue weighted by Crippen LogP contribution is 2.28. The number of carbonyl (C=O) groups is 1. The van der Waals surface area contributed by atoms with E-state index in [4.69, 9.17) is 8.94 Å². The predicted molar refractivity (Wildman–Crippen MR) is 70.4 cm³/mol. The summed E-state index contributed by atoms with van der Waals surface area (Å²) in [6.07, 6.45) is 1.92. The van der Waals surface area contributed by atoms with Crippen LogP contribution in [0.1, 0.15) is 21.6 Å². The quantitative estimate of drug-likeness (QED) is 0.786. The van der Waals surface area contributed by atoms with Gasteiger partial charge in [-0.05, 0) is 17.7 Å². The molecule has 20 heavy (non-hydrogen) atoms. The monoisotopic (exact) mass is 269 g/mol. The summed E-state index contributed by atoms with van der Waals surface area (Å²) in [5.41, 5.74) is 1.41. The van der Waals surface area contributed by atoms with Gasteiger partial charge in [0.1, 0.15) is 0 Å². The molecule has 5 heteroatoms. The van der Waals surface area contributed by atoms with Crippen LogP contribution in [0.25, 0.3) is 11.5 Å². The third-order valence-corrected chi connectivity index (χ3v) is 2.96. The number of rotatable bonds is 4. The molecule has 5 nitrogen and oxygen atoms in total. The second-order valence-electron chi connectivity index (χ2n) is 4.28. The summed E-state index contributed by atoms with van der Waals surface area (Å²) in [5, 5.41) is 12.8. The lowest BCUT2D eigenvalue weighted by Gasteiger charge is -2.01. The fraction of sp³-hybridized carbons (Fsp3) is 0.0667. The average molecular weight is 269 g/mol. The SMILES string of the molecule is O=C(O)c1noc(-c2ccco2)c1Cc1ccccc1. The summed E-state index contributed by atoms with van der Waals surface area (Å²) in [7, 11) is 0. The van der Waals surface area contributed by atoms with E-state index >= 15 is 0 Å².